The molecule has 0 atom stereocenters. The van der Waals surface area contributed by atoms with Gasteiger partial charge in [-0.15, -0.1) is 0 Å². The van der Waals surface area contributed by atoms with Crippen LogP contribution >= 0.6 is 0 Å². The topological polar surface area (TPSA) is 81.2 Å². The van der Waals surface area contributed by atoms with Gasteiger partial charge in [-0.2, -0.15) is 29.0 Å². The normalized spacial score (nSPS) is 11.5. The Morgan fingerprint density at radius 3 is 1.37 bits per heavy atom. The molecule has 0 spiro atoms. The van der Waals surface area contributed by atoms with E-state index in [0.29, 0.717) is 33.5 Å². The van der Waals surface area contributed by atoms with Crippen LogP contribution in [0.3, 0.4) is 0 Å². The van der Waals surface area contributed by atoms with Crippen LogP contribution in [0.2, 0.25) is 0 Å². The molecule has 5 nitrogen and oxygen atoms in total. The van der Waals surface area contributed by atoms with E-state index in [2.05, 4.69) is 18.2 Å². The highest BCUT2D eigenvalue weighted by atomic mass is 19.4. The number of hydrogen-bond donors (Lipinski definition) is 0. The first-order chi connectivity index (χ1) is 29.3. The summed E-state index contributed by atoms with van der Waals surface area (Å²) in [5.74, 6) is 0. The average Bonchev–Trinajstić information content (AvgIpc) is 3.80. The molecule has 8 aromatic carbocycles. The molecular weight excluding hydrogens is 752 g/mol. The summed E-state index contributed by atoms with van der Waals surface area (Å²) in [6.07, 6.45) is -4.78. The lowest BCUT2D eigenvalue weighted by atomic mass is 9.95. The Morgan fingerprint density at radius 1 is 0.383 bits per heavy atom. The van der Waals surface area contributed by atoms with Crippen LogP contribution in [0.4, 0.5) is 13.2 Å². The number of rotatable bonds is 5. The molecular formula is C52H28F3N5. The molecule has 0 saturated carbocycles. The Balaban J connectivity index is 1.34. The van der Waals surface area contributed by atoms with E-state index in [9.17, 15) is 15.8 Å². The molecule has 0 amide bonds. The number of hydrogen-bond acceptors (Lipinski definition) is 3. The second-order valence-corrected chi connectivity index (χ2v) is 14.6. The monoisotopic (exact) mass is 779 g/mol. The molecule has 0 saturated heterocycles. The van der Waals surface area contributed by atoms with Gasteiger partial charge in [-0.1, -0.05) is 97.1 Å². The van der Waals surface area contributed by atoms with Crippen LogP contribution in [0.1, 0.15) is 22.3 Å². The zero-order chi connectivity index (χ0) is 41.1. The maximum atomic E-state index is 15.6. The van der Waals surface area contributed by atoms with Gasteiger partial charge in [0, 0.05) is 21.5 Å². The van der Waals surface area contributed by atoms with Crippen molar-refractivity contribution in [1.29, 1.82) is 15.8 Å². The number of aromatic nitrogens is 2. The van der Waals surface area contributed by atoms with Crippen molar-refractivity contribution in [2.45, 2.75) is 6.18 Å². The molecule has 0 aliphatic carbocycles. The van der Waals surface area contributed by atoms with Gasteiger partial charge in [-0.05, 0) is 106 Å². The van der Waals surface area contributed by atoms with Crippen molar-refractivity contribution < 1.29 is 13.2 Å². The van der Waals surface area contributed by atoms with Crippen molar-refractivity contribution in [3.8, 4) is 63.0 Å². The molecule has 0 aliphatic rings. The molecule has 2 aromatic heterocycles. The van der Waals surface area contributed by atoms with Gasteiger partial charge in [0.25, 0.3) is 0 Å². The van der Waals surface area contributed by atoms with E-state index in [1.165, 1.54) is 12.1 Å². The Labute approximate surface area is 341 Å². The lowest BCUT2D eigenvalue weighted by Gasteiger charge is -2.22. The molecule has 0 fully saturated rings. The Morgan fingerprint density at radius 2 is 0.850 bits per heavy atom. The third-order valence-corrected chi connectivity index (χ3v) is 11.3. The van der Waals surface area contributed by atoms with Crippen LogP contribution < -0.4 is 0 Å². The molecule has 10 rings (SSSR count). The lowest BCUT2D eigenvalue weighted by Crippen LogP contribution is -2.12. The van der Waals surface area contributed by atoms with Crippen LogP contribution in [0.5, 0.6) is 0 Å². The van der Waals surface area contributed by atoms with Crippen molar-refractivity contribution in [1.82, 2.24) is 9.13 Å². The second kappa shape index (κ2) is 13.9. The zero-order valence-corrected chi connectivity index (χ0v) is 31.5. The average molecular weight is 780 g/mol. The Kier molecular flexibility index (Phi) is 8.35. The summed E-state index contributed by atoms with van der Waals surface area (Å²) in [4.78, 5) is 0. The first kappa shape index (κ1) is 36.0. The standard InChI is InChI=1S/C52H28F3N5/c53-52(54,55)45-28-51(60-47-19-8-6-17-41(47)44-26-35(21-23-49(44)60)39-15-4-2-12-37(39)31-58)50(27-42(45)33-13-9-10-32(24-33)29-56)59-46-18-7-5-16-40(46)43-25-34(20-22-48(43)59)38-14-3-1-11-36(38)30-57/h1-28H. The van der Waals surface area contributed by atoms with Crippen LogP contribution in [0.25, 0.3) is 88.4 Å². The molecule has 0 aliphatic heterocycles. The number of benzene rings is 8. The Bertz CT molecular complexity index is 3530. The summed E-state index contributed by atoms with van der Waals surface area (Å²) in [7, 11) is 0. The van der Waals surface area contributed by atoms with E-state index < -0.39 is 11.7 Å². The predicted octanol–water partition coefficient (Wildman–Crippen LogP) is 13.5. The smallest absolute Gasteiger partial charge is 0.307 e. The van der Waals surface area contributed by atoms with Gasteiger partial charge in [-0.25, -0.2) is 0 Å². The van der Waals surface area contributed by atoms with E-state index in [0.717, 1.165) is 54.8 Å². The Hall–Kier alpha value is -8.38. The summed E-state index contributed by atoms with van der Waals surface area (Å²) in [5.41, 5.74) is 7.47. The first-order valence-corrected chi connectivity index (χ1v) is 19.1. The number of fused-ring (bicyclic) bond motifs is 6. The van der Waals surface area contributed by atoms with Crippen LogP contribution in [0, 0.1) is 34.0 Å². The fraction of sp³-hybridized carbons (Fsp3) is 0.0192. The molecule has 10 aromatic rings. The SMILES string of the molecule is N#Cc1cccc(-c2cc(-n3c4ccccc4c4cc(-c5ccccc5C#N)ccc43)c(-n3c4ccccc4c4cc(-c5ccccc5C#N)ccc43)cc2C(F)(F)F)c1. The number of alkyl halides is 3. The van der Waals surface area contributed by atoms with E-state index in [-0.39, 0.29) is 16.7 Å². The van der Waals surface area contributed by atoms with Crippen molar-refractivity contribution in [3.05, 3.63) is 192 Å². The minimum atomic E-state index is -4.78. The fourth-order valence-corrected chi connectivity index (χ4v) is 8.63. The maximum absolute atomic E-state index is 15.6. The molecule has 0 N–H and O–H groups in total. The van der Waals surface area contributed by atoms with Crippen molar-refractivity contribution in [2.75, 3.05) is 0 Å². The maximum Gasteiger partial charge on any atom is 0.417 e. The second-order valence-electron chi connectivity index (χ2n) is 14.6. The molecule has 0 radical (unpaired) electrons. The number of halogens is 3. The van der Waals surface area contributed by atoms with Gasteiger partial charge in [0.05, 0.1) is 73.9 Å². The van der Waals surface area contributed by atoms with E-state index >= 15 is 13.2 Å². The molecule has 0 unspecified atom stereocenters. The van der Waals surface area contributed by atoms with E-state index in [1.54, 1.807) is 36.4 Å². The molecule has 282 valence electrons. The van der Waals surface area contributed by atoms with Gasteiger partial charge >= 0.3 is 6.18 Å². The highest BCUT2D eigenvalue weighted by molar-refractivity contribution is 6.13. The molecule has 2 heterocycles. The van der Waals surface area contributed by atoms with Crippen molar-refractivity contribution >= 4 is 43.6 Å². The third kappa shape index (κ3) is 5.69. The van der Waals surface area contributed by atoms with Crippen molar-refractivity contribution in [2.24, 2.45) is 0 Å². The van der Waals surface area contributed by atoms with Gasteiger partial charge in [0.15, 0.2) is 0 Å². The van der Waals surface area contributed by atoms with Gasteiger partial charge in [-0.3, -0.25) is 0 Å². The number of nitrogens with zero attached hydrogens (tertiary/aromatic N) is 5. The van der Waals surface area contributed by atoms with Crippen LogP contribution in [-0.4, -0.2) is 9.13 Å². The largest absolute Gasteiger partial charge is 0.417 e. The van der Waals surface area contributed by atoms with Crippen LogP contribution in [-0.2, 0) is 6.18 Å². The summed E-state index contributed by atoms with van der Waals surface area (Å²) >= 11 is 0. The van der Waals surface area contributed by atoms with Crippen LogP contribution in [0.15, 0.2) is 170 Å². The summed E-state index contributed by atoms with van der Waals surface area (Å²) in [6, 6.07) is 57.6. The summed E-state index contributed by atoms with van der Waals surface area (Å²) < 4.78 is 50.7. The molecule has 0 bridgehead atoms. The summed E-state index contributed by atoms with van der Waals surface area (Å²) in [6.45, 7) is 0. The fourth-order valence-electron chi connectivity index (χ4n) is 8.63. The number of nitriles is 3. The predicted molar refractivity (Wildman–Crippen MR) is 231 cm³/mol. The minimum absolute atomic E-state index is 0.0694. The highest BCUT2D eigenvalue weighted by Crippen LogP contribution is 2.46. The summed E-state index contributed by atoms with van der Waals surface area (Å²) in [5, 5.41) is 33.1. The van der Waals surface area contributed by atoms with E-state index in [4.69, 9.17) is 0 Å². The minimum Gasteiger partial charge on any atom is -0.307 e. The highest BCUT2D eigenvalue weighted by Gasteiger charge is 2.36. The van der Waals surface area contributed by atoms with Gasteiger partial charge in [0.2, 0.25) is 0 Å². The molecule has 60 heavy (non-hydrogen) atoms. The molecule has 8 heteroatoms. The van der Waals surface area contributed by atoms with Crippen molar-refractivity contribution in [3.63, 3.8) is 0 Å². The number of para-hydroxylation sites is 2. The zero-order valence-electron chi connectivity index (χ0n) is 31.5. The lowest BCUT2D eigenvalue weighted by molar-refractivity contribution is -0.137. The first-order valence-electron chi connectivity index (χ1n) is 19.1. The third-order valence-electron chi connectivity index (χ3n) is 11.3. The van der Waals surface area contributed by atoms with Gasteiger partial charge in [0.1, 0.15) is 0 Å². The quantitative estimate of drug-likeness (QED) is 0.174. The van der Waals surface area contributed by atoms with Gasteiger partial charge < -0.3 is 9.13 Å². The van der Waals surface area contributed by atoms with E-state index in [1.807, 2.05) is 130 Å².